The molecule has 1 aromatic carbocycles. The highest BCUT2D eigenvalue weighted by atomic mass is 16.3. The van der Waals surface area contributed by atoms with E-state index in [1.807, 2.05) is 12.1 Å². The summed E-state index contributed by atoms with van der Waals surface area (Å²) in [5.74, 6) is 2.49. The molecule has 2 N–H and O–H groups in total. The third kappa shape index (κ3) is 1.60. The van der Waals surface area contributed by atoms with Gasteiger partial charge in [-0.05, 0) is 85.0 Å². The molecule has 4 rings (SSSR count). The molecular formula is C18H24O2. The molecule has 2 saturated carbocycles. The van der Waals surface area contributed by atoms with Gasteiger partial charge in [0.2, 0.25) is 0 Å². The molecule has 0 spiro atoms. The molecule has 2 fully saturated rings. The van der Waals surface area contributed by atoms with Crippen molar-refractivity contribution in [2.45, 2.75) is 57.5 Å². The minimum atomic E-state index is -0.0883. The molecule has 1 unspecified atom stereocenters. The Morgan fingerprint density at radius 2 is 2.00 bits per heavy atom. The van der Waals surface area contributed by atoms with Gasteiger partial charge in [0.05, 0.1) is 6.10 Å². The van der Waals surface area contributed by atoms with Crippen LogP contribution in [0.15, 0.2) is 18.2 Å². The first-order valence-corrected chi connectivity index (χ1v) is 8.09. The molecule has 0 aliphatic heterocycles. The lowest BCUT2D eigenvalue weighted by Crippen LogP contribution is -2.43. The maximum atomic E-state index is 10.4. The molecule has 1 aromatic rings. The molecule has 20 heavy (non-hydrogen) atoms. The normalized spacial score (nSPS) is 42.7. The van der Waals surface area contributed by atoms with Crippen molar-refractivity contribution in [2.75, 3.05) is 0 Å². The fraction of sp³-hybridized carbons (Fsp3) is 0.667. The highest BCUT2D eigenvalue weighted by molar-refractivity contribution is 5.40. The van der Waals surface area contributed by atoms with Crippen LogP contribution in [0.4, 0.5) is 0 Å². The highest BCUT2D eigenvalue weighted by Gasteiger charge is 2.54. The van der Waals surface area contributed by atoms with Gasteiger partial charge in [0.15, 0.2) is 0 Å². The van der Waals surface area contributed by atoms with E-state index >= 15 is 0 Å². The largest absolute Gasteiger partial charge is 0.508 e. The Hall–Kier alpha value is -1.02. The Labute approximate surface area is 120 Å². The molecule has 0 amide bonds. The van der Waals surface area contributed by atoms with Gasteiger partial charge in [-0.2, -0.15) is 0 Å². The van der Waals surface area contributed by atoms with E-state index in [-0.39, 0.29) is 11.5 Å². The summed E-state index contributed by atoms with van der Waals surface area (Å²) in [6, 6.07) is 5.96. The van der Waals surface area contributed by atoms with Crippen molar-refractivity contribution < 1.29 is 10.2 Å². The first-order chi connectivity index (χ1) is 9.59. The van der Waals surface area contributed by atoms with Crippen LogP contribution in [0.1, 0.15) is 56.1 Å². The highest BCUT2D eigenvalue weighted by Crippen LogP contribution is 2.60. The molecule has 3 aliphatic carbocycles. The van der Waals surface area contributed by atoms with E-state index in [0.29, 0.717) is 17.6 Å². The number of aliphatic hydroxyl groups is 1. The lowest BCUT2D eigenvalue weighted by atomic mass is 9.55. The third-order valence-electron chi connectivity index (χ3n) is 6.66. The quantitative estimate of drug-likeness (QED) is 0.757. The lowest BCUT2D eigenvalue weighted by Gasteiger charge is -2.50. The number of benzene rings is 1. The zero-order valence-corrected chi connectivity index (χ0v) is 12.2. The van der Waals surface area contributed by atoms with Crippen molar-refractivity contribution in [2.24, 2.45) is 17.3 Å². The summed E-state index contributed by atoms with van der Waals surface area (Å²) in [4.78, 5) is 0. The standard InChI is InChI=1S/C18H24O2/c1-18-9-8-14-13-5-3-12(19)10-11(13)2-4-15(14)16(18)6-7-17(18)20/h3,5,10,14-17,19-20H,2,4,6-9H2,1H3/t14-,15-,16+,17+,18?/m1/s1. The van der Waals surface area contributed by atoms with Gasteiger partial charge in [-0.15, -0.1) is 0 Å². The van der Waals surface area contributed by atoms with Gasteiger partial charge in [-0.1, -0.05) is 13.0 Å². The minimum Gasteiger partial charge on any atom is -0.508 e. The van der Waals surface area contributed by atoms with Crippen LogP contribution in [-0.4, -0.2) is 16.3 Å². The van der Waals surface area contributed by atoms with Gasteiger partial charge in [0, 0.05) is 0 Å². The average molecular weight is 272 g/mol. The lowest BCUT2D eigenvalue weighted by molar-refractivity contribution is -0.0226. The second-order valence-electron chi connectivity index (χ2n) is 7.44. The summed E-state index contributed by atoms with van der Waals surface area (Å²) in [6.45, 7) is 2.32. The van der Waals surface area contributed by atoms with Gasteiger partial charge in [0.1, 0.15) is 5.75 Å². The SMILES string of the molecule is CC12CC[C@@H]3c4ccc(O)cc4CC[C@H]3[C@@H]1CC[C@@H]2O. The number of phenols is 1. The average Bonchev–Trinajstić information content (AvgIpc) is 2.74. The molecule has 0 radical (unpaired) electrons. The molecule has 2 heteroatoms. The number of fused-ring (bicyclic) bond motifs is 5. The van der Waals surface area contributed by atoms with E-state index < -0.39 is 0 Å². The van der Waals surface area contributed by atoms with E-state index in [2.05, 4.69) is 13.0 Å². The summed E-state index contributed by atoms with van der Waals surface area (Å²) >= 11 is 0. The van der Waals surface area contributed by atoms with Crippen molar-refractivity contribution >= 4 is 0 Å². The molecule has 108 valence electrons. The first-order valence-electron chi connectivity index (χ1n) is 8.09. The van der Waals surface area contributed by atoms with Crippen molar-refractivity contribution in [3.05, 3.63) is 29.3 Å². The molecule has 0 saturated heterocycles. The van der Waals surface area contributed by atoms with Crippen molar-refractivity contribution in [3.8, 4) is 5.75 Å². The molecular weight excluding hydrogens is 248 g/mol. The minimum absolute atomic E-state index is 0.0883. The summed E-state index contributed by atoms with van der Waals surface area (Å²) in [7, 11) is 0. The zero-order valence-electron chi connectivity index (χ0n) is 12.2. The number of phenolic OH excluding ortho intramolecular Hbond substituents is 1. The molecule has 2 nitrogen and oxygen atoms in total. The number of rotatable bonds is 0. The Bertz CT molecular complexity index is 538. The Morgan fingerprint density at radius 1 is 1.15 bits per heavy atom. The number of aryl methyl sites for hydroxylation is 1. The van der Waals surface area contributed by atoms with E-state index in [4.69, 9.17) is 0 Å². The van der Waals surface area contributed by atoms with Crippen LogP contribution in [0.3, 0.4) is 0 Å². The third-order valence-corrected chi connectivity index (χ3v) is 6.66. The molecule has 0 bridgehead atoms. The maximum Gasteiger partial charge on any atom is 0.115 e. The smallest absolute Gasteiger partial charge is 0.115 e. The topological polar surface area (TPSA) is 40.5 Å². The van der Waals surface area contributed by atoms with E-state index in [9.17, 15) is 10.2 Å². The summed E-state index contributed by atoms with van der Waals surface area (Å²) in [6.07, 6.45) is 6.78. The Balaban J connectivity index is 1.71. The fourth-order valence-electron chi connectivity index (χ4n) is 5.54. The maximum absolute atomic E-state index is 10.4. The number of hydrogen-bond acceptors (Lipinski definition) is 2. The van der Waals surface area contributed by atoms with Crippen molar-refractivity contribution in [1.82, 2.24) is 0 Å². The van der Waals surface area contributed by atoms with Gasteiger partial charge in [-0.3, -0.25) is 0 Å². The summed E-state index contributed by atoms with van der Waals surface area (Å²) in [5.41, 5.74) is 2.99. The Kier molecular flexibility index (Phi) is 2.69. The monoisotopic (exact) mass is 272 g/mol. The van der Waals surface area contributed by atoms with Crippen LogP contribution in [0, 0.1) is 17.3 Å². The van der Waals surface area contributed by atoms with Gasteiger partial charge < -0.3 is 10.2 Å². The van der Waals surface area contributed by atoms with Crippen LogP contribution in [0.25, 0.3) is 0 Å². The number of aliphatic hydroxyl groups excluding tert-OH is 1. The fourth-order valence-corrected chi connectivity index (χ4v) is 5.54. The summed E-state index contributed by atoms with van der Waals surface area (Å²) < 4.78 is 0. The molecule has 0 aromatic heterocycles. The van der Waals surface area contributed by atoms with Crippen LogP contribution in [0.2, 0.25) is 0 Å². The molecule has 3 aliphatic rings. The Morgan fingerprint density at radius 3 is 2.85 bits per heavy atom. The molecule has 0 heterocycles. The van der Waals surface area contributed by atoms with Crippen molar-refractivity contribution in [3.63, 3.8) is 0 Å². The first kappa shape index (κ1) is 12.7. The second-order valence-corrected chi connectivity index (χ2v) is 7.44. The van der Waals surface area contributed by atoms with Gasteiger partial charge in [-0.25, -0.2) is 0 Å². The second kappa shape index (κ2) is 4.24. The van der Waals surface area contributed by atoms with Crippen LogP contribution < -0.4 is 0 Å². The number of hydrogen-bond donors (Lipinski definition) is 2. The van der Waals surface area contributed by atoms with Crippen LogP contribution in [0.5, 0.6) is 5.75 Å². The number of aromatic hydroxyl groups is 1. The van der Waals surface area contributed by atoms with E-state index in [0.717, 1.165) is 25.2 Å². The van der Waals surface area contributed by atoms with E-state index in [1.54, 1.807) is 0 Å². The van der Waals surface area contributed by atoms with Crippen LogP contribution >= 0.6 is 0 Å². The van der Waals surface area contributed by atoms with Crippen molar-refractivity contribution in [1.29, 1.82) is 0 Å². The molecule has 5 atom stereocenters. The predicted molar refractivity (Wildman–Crippen MR) is 78.7 cm³/mol. The van der Waals surface area contributed by atoms with Crippen LogP contribution in [-0.2, 0) is 6.42 Å². The predicted octanol–water partition coefficient (Wildman–Crippen LogP) is 3.61. The van der Waals surface area contributed by atoms with E-state index in [1.165, 1.54) is 30.4 Å². The zero-order chi connectivity index (χ0) is 13.9. The van der Waals surface area contributed by atoms with Gasteiger partial charge in [0.25, 0.3) is 0 Å². The summed E-state index contributed by atoms with van der Waals surface area (Å²) in [5, 5.41) is 20.0. The van der Waals surface area contributed by atoms with Gasteiger partial charge >= 0.3 is 0 Å².